The van der Waals surface area contributed by atoms with Gasteiger partial charge >= 0.3 is 0 Å². The molecule has 1 heterocycles. The van der Waals surface area contributed by atoms with Crippen molar-refractivity contribution < 1.29 is 4.79 Å². The number of hydrogen-bond donors (Lipinski definition) is 1. The van der Waals surface area contributed by atoms with Crippen LogP contribution in [-0.4, -0.2) is 21.6 Å². The first-order valence-electron chi connectivity index (χ1n) is 6.71. The minimum atomic E-state index is -0.0827. The van der Waals surface area contributed by atoms with Gasteiger partial charge in [-0.2, -0.15) is 0 Å². The second kappa shape index (κ2) is 7.42. The number of anilines is 1. The molecule has 0 aliphatic rings. The van der Waals surface area contributed by atoms with Crippen molar-refractivity contribution in [3.63, 3.8) is 0 Å². The SMILES string of the molecule is O=C(CSc1ncnc2ccccc12)Nc1ccc(Br)cc1Br. The number of carbonyl (C=O) groups excluding carboxylic acids is 1. The van der Waals surface area contributed by atoms with Crippen LogP contribution in [0.3, 0.4) is 0 Å². The van der Waals surface area contributed by atoms with E-state index >= 15 is 0 Å². The summed E-state index contributed by atoms with van der Waals surface area (Å²) in [5, 5.41) is 4.65. The highest BCUT2D eigenvalue weighted by Gasteiger charge is 2.09. The van der Waals surface area contributed by atoms with E-state index in [-0.39, 0.29) is 11.7 Å². The molecule has 0 spiro atoms. The van der Waals surface area contributed by atoms with Gasteiger partial charge in [-0.05, 0) is 40.2 Å². The van der Waals surface area contributed by atoms with Gasteiger partial charge < -0.3 is 5.32 Å². The number of thioether (sulfide) groups is 1. The monoisotopic (exact) mass is 451 g/mol. The quantitative estimate of drug-likeness (QED) is 0.452. The number of hydrogen-bond acceptors (Lipinski definition) is 4. The molecule has 0 fully saturated rings. The lowest BCUT2D eigenvalue weighted by Crippen LogP contribution is -2.14. The highest BCUT2D eigenvalue weighted by Crippen LogP contribution is 2.27. The van der Waals surface area contributed by atoms with Crippen LogP contribution in [0.2, 0.25) is 0 Å². The van der Waals surface area contributed by atoms with Crippen molar-refractivity contribution in [1.29, 1.82) is 0 Å². The lowest BCUT2D eigenvalue weighted by Gasteiger charge is -2.08. The predicted molar refractivity (Wildman–Crippen MR) is 101 cm³/mol. The zero-order chi connectivity index (χ0) is 16.2. The average molecular weight is 453 g/mol. The number of rotatable bonds is 4. The van der Waals surface area contributed by atoms with Crippen LogP contribution in [-0.2, 0) is 4.79 Å². The molecule has 0 unspecified atom stereocenters. The lowest BCUT2D eigenvalue weighted by molar-refractivity contribution is -0.113. The zero-order valence-electron chi connectivity index (χ0n) is 11.8. The molecule has 1 aromatic heterocycles. The van der Waals surface area contributed by atoms with E-state index in [4.69, 9.17) is 0 Å². The average Bonchev–Trinajstić information content (AvgIpc) is 2.55. The van der Waals surface area contributed by atoms with Gasteiger partial charge in [0.1, 0.15) is 11.4 Å². The minimum Gasteiger partial charge on any atom is -0.324 e. The van der Waals surface area contributed by atoms with Crippen LogP contribution in [0.25, 0.3) is 10.9 Å². The molecule has 1 N–H and O–H groups in total. The Morgan fingerprint density at radius 1 is 1.13 bits per heavy atom. The second-order valence-electron chi connectivity index (χ2n) is 4.66. The molecular weight excluding hydrogens is 442 g/mol. The Morgan fingerprint density at radius 2 is 1.96 bits per heavy atom. The smallest absolute Gasteiger partial charge is 0.234 e. The first-order valence-corrected chi connectivity index (χ1v) is 9.28. The molecule has 0 atom stereocenters. The van der Waals surface area contributed by atoms with Crippen LogP contribution in [0.5, 0.6) is 0 Å². The third-order valence-corrected chi connectivity index (χ3v) is 5.21. The maximum absolute atomic E-state index is 12.2. The standard InChI is InChI=1S/C16H11Br2N3OS/c17-10-5-6-14(12(18)7-10)21-15(22)8-23-16-11-3-1-2-4-13(11)19-9-20-16/h1-7,9H,8H2,(H,21,22). The Kier molecular flexibility index (Phi) is 5.30. The van der Waals surface area contributed by atoms with Gasteiger partial charge in [0.2, 0.25) is 5.91 Å². The van der Waals surface area contributed by atoms with Crippen molar-refractivity contribution in [1.82, 2.24) is 9.97 Å². The molecule has 3 rings (SSSR count). The molecule has 3 aromatic rings. The number of amides is 1. The second-order valence-corrected chi connectivity index (χ2v) is 7.39. The number of fused-ring (bicyclic) bond motifs is 1. The number of carbonyl (C=O) groups is 1. The van der Waals surface area contributed by atoms with Crippen LogP contribution in [0.4, 0.5) is 5.69 Å². The van der Waals surface area contributed by atoms with Gasteiger partial charge in [0, 0.05) is 14.3 Å². The Bertz CT molecular complexity index is 868. The Labute approximate surface area is 154 Å². The van der Waals surface area contributed by atoms with Gasteiger partial charge in [-0.1, -0.05) is 45.9 Å². The molecule has 0 radical (unpaired) electrons. The zero-order valence-corrected chi connectivity index (χ0v) is 15.8. The van der Waals surface area contributed by atoms with Crippen molar-refractivity contribution in [2.45, 2.75) is 5.03 Å². The van der Waals surface area contributed by atoms with E-state index in [1.165, 1.54) is 18.1 Å². The fraction of sp³-hybridized carbons (Fsp3) is 0.0625. The van der Waals surface area contributed by atoms with Crippen LogP contribution >= 0.6 is 43.6 Å². The van der Waals surface area contributed by atoms with E-state index in [0.29, 0.717) is 0 Å². The number of aromatic nitrogens is 2. The molecule has 116 valence electrons. The maximum atomic E-state index is 12.2. The predicted octanol–water partition coefficient (Wildman–Crippen LogP) is 4.89. The molecular formula is C16H11Br2N3OS. The molecule has 4 nitrogen and oxygen atoms in total. The van der Waals surface area contributed by atoms with Crippen molar-refractivity contribution >= 4 is 66.1 Å². The molecule has 2 aromatic carbocycles. The van der Waals surface area contributed by atoms with Crippen molar-refractivity contribution in [3.8, 4) is 0 Å². The van der Waals surface area contributed by atoms with Crippen molar-refractivity contribution in [3.05, 3.63) is 57.7 Å². The minimum absolute atomic E-state index is 0.0827. The number of nitrogens with one attached hydrogen (secondary N) is 1. The fourth-order valence-electron chi connectivity index (χ4n) is 2.01. The highest BCUT2D eigenvalue weighted by atomic mass is 79.9. The summed E-state index contributed by atoms with van der Waals surface area (Å²) in [5.41, 5.74) is 1.62. The number of nitrogens with zero attached hydrogens (tertiary/aromatic N) is 2. The molecule has 1 amide bonds. The first-order chi connectivity index (χ1) is 11.1. The van der Waals surface area contributed by atoms with Gasteiger partial charge in [0.15, 0.2) is 0 Å². The molecule has 0 saturated carbocycles. The number of para-hydroxylation sites is 1. The largest absolute Gasteiger partial charge is 0.324 e. The van der Waals surface area contributed by atoms with Crippen molar-refractivity contribution in [2.24, 2.45) is 0 Å². The third kappa shape index (κ3) is 4.10. The normalized spacial score (nSPS) is 10.7. The Balaban J connectivity index is 1.69. The van der Waals surface area contributed by atoms with Crippen molar-refractivity contribution in [2.75, 3.05) is 11.1 Å². The summed E-state index contributed by atoms with van der Waals surface area (Å²) in [6.45, 7) is 0. The topological polar surface area (TPSA) is 54.9 Å². The van der Waals surface area contributed by atoms with E-state index < -0.39 is 0 Å². The third-order valence-electron chi connectivity index (χ3n) is 3.05. The van der Waals surface area contributed by atoms with Gasteiger partial charge in [-0.25, -0.2) is 9.97 Å². The summed E-state index contributed by atoms with van der Waals surface area (Å²) in [4.78, 5) is 20.6. The van der Waals surface area contributed by atoms with E-state index in [9.17, 15) is 4.79 Å². The summed E-state index contributed by atoms with van der Waals surface area (Å²) in [6.07, 6.45) is 1.52. The summed E-state index contributed by atoms with van der Waals surface area (Å²) < 4.78 is 1.78. The van der Waals surface area contributed by atoms with E-state index in [1.807, 2.05) is 42.5 Å². The molecule has 0 saturated heterocycles. The summed E-state index contributed by atoms with van der Waals surface area (Å²) in [5.74, 6) is 0.199. The molecule has 0 bridgehead atoms. The Hall–Kier alpha value is -1.44. The van der Waals surface area contributed by atoms with Gasteiger partial charge in [-0.3, -0.25) is 4.79 Å². The van der Waals surface area contributed by atoms with Gasteiger partial charge in [0.25, 0.3) is 0 Å². The summed E-state index contributed by atoms with van der Waals surface area (Å²) in [6, 6.07) is 13.4. The van der Waals surface area contributed by atoms with E-state index in [2.05, 4.69) is 47.1 Å². The lowest BCUT2D eigenvalue weighted by atomic mass is 10.2. The van der Waals surface area contributed by atoms with E-state index in [1.54, 1.807) is 0 Å². The van der Waals surface area contributed by atoms with E-state index in [0.717, 1.165) is 30.6 Å². The van der Waals surface area contributed by atoms with Crippen LogP contribution in [0, 0.1) is 0 Å². The van der Waals surface area contributed by atoms with Crippen LogP contribution in [0.15, 0.2) is 62.8 Å². The fourth-order valence-corrected chi connectivity index (χ4v) is 3.94. The maximum Gasteiger partial charge on any atom is 0.234 e. The number of halogens is 2. The molecule has 23 heavy (non-hydrogen) atoms. The first kappa shape index (κ1) is 16.4. The van der Waals surface area contributed by atoms with Crippen LogP contribution < -0.4 is 5.32 Å². The molecule has 0 aliphatic carbocycles. The van der Waals surface area contributed by atoms with Gasteiger partial charge in [0.05, 0.1) is 17.0 Å². The van der Waals surface area contributed by atoms with Crippen LogP contribution in [0.1, 0.15) is 0 Å². The Morgan fingerprint density at radius 3 is 2.78 bits per heavy atom. The highest BCUT2D eigenvalue weighted by molar-refractivity contribution is 9.11. The summed E-state index contributed by atoms with van der Waals surface area (Å²) >= 11 is 8.22. The van der Waals surface area contributed by atoms with Gasteiger partial charge in [-0.15, -0.1) is 0 Å². The molecule has 7 heteroatoms. The molecule has 0 aliphatic heterocycles. The summed E-state index contributed by atoms with van der Waals surface area (Å²) in [7, 11) is 0. The number of benzene rings is 2.